The third-order valence-electron chi connectivity index (χ3n) is 2.28. The fourth-order valence-corrected chi connectivity index (χ4v) is 2.57. The van der Waals surface area contributed by atoms with E-state index in [0.29, 0.717) is 17.4 Å². The van der Waals surface area contributed by atoms with Crippen molar-refractivity contribution < 1.29 is 0 Å². The Morgan fingerprint density at radius 3 is 2.76 bits per heavy atom. The molecular weight excluding hydrogens is 279 g/mol. The Bertz CT molecular complexity index is 529. The van der Waals surface area contributed by atoms with E-state index in [2.05, 4.69) is 15.0 Å². The Hall–Kier alpha value is -0.910. The summed E-state index contributed by atoms with van der Waals surface area (Å²) in [7, 11) is 1.91. The second-order valence-corrected chi connectivity index (χ2v) is 5.21. The maximum Gasteiger partial charge on any atom is 0.224 e. The molecule has 0 saturated carbocycles. The van der Waals surface area contributed by atoms with Crippen LogP contribution < -0.4 is 4.90 Å². The molecule has 0 aliphatic rings. The van der Waals surface area contributed by atoms with Crippen LogP contribution in [-0.2, 0) is 6.54 Å². The fraction of sp³-hybridized carbons (Fsp3) is 0.300. The number of hydrogen-bond donors (Lipinski definition) is 0. The zero-order valence-corrected chi connectivity index (χ0v) is 11.6. The third kappa shape index (κ3) is 2.86. The van der Waals surface area contributed by atoms with Gasteiger partial charge < -0.3 is 4.90 Å². The van der Waals surface area contributed by atoms with Crippen molar-refractivity contribution in [3.63, 3.8) is 0 Å². The van der Waals surface area contributed by atoms with Gasteiger partial charge in [0.05, 0.1) is 23.9 Å². The molecule has 2 heterocycles. The SMILES string of the molecule is Cc1ncsc1CN(C)c1nc(Cl)ncc1Cl. The lowest BCUT2D eigenvalue weighted by Crippen LogP contribution is -2.18. The fourth-order valence-electron chi connectivity index (χ4n) is 1.37. The highest BCUT2D eigenvalue weighted by molar-refractivity contribution is 7.09. The minimum absolute atomic E-state index is 0.192. The van der Waals surface area contributed by atoms with Gasteiger partial charge in [-0.1, -0.05) is 11.6 Å². The first kappa shape index (κ1) is 12.5. The molecule has 0 aliphatic carbocycles. The number of nitrogens with zero attached hydrogens (tertiary/aromatic N) is 4. The van der Waals surface area contributed by atoms with E-state index in [4.69, 9.17) is 23.2 Å². The van der Waals surface area contributed by atoms with Gasteiger partial charge in [-0.2, -0.15) is 4.98 Å². The smallest absolute Gasteiger partial charge is 0.224 e. The van der Waals surface area contributed by atoms with Crippen LogP contribution in [0.5, 0.6) is 0 Å². The van der Waals surface area contributed by atoms with Crippen molar-refractivity contribution in [3.05, 3.63) is 32.6 Å². The highest BCUT2D eigenvalue weighted by Gasteiger charge is 2.12. The van der Waals surface area contributed by atoms with E-state index in [1.807, 2.05) is 24.4 Å². The predicted molar refractivity (Wildman–Crippen MR) is 71.0 cm³/mol. The summed E-state index contributed by atoms with van der Waals surface area (Å²) in [4.78, 5) is 15.2. The third-order valence-corrected chi connectivity index (χ3v) is 3.65. The highest BCUT2D eigenvalue weighted by Crippen LogP contribution is 2.25. The van der Waals surface area contributed by atoms with E-state index < -0.39 is 0 Å². The van der Waals surface area contributed by atoms with E-state index in [1.54, 1.807) is 11.3 Å². The second-order valence-electron chi connectivity index (χ2n) is 3.53. The molecule has 0 aliphatic heterocycles. The summed E-state index contributed by atoms with van der Waals surface area (Å²) in [5.41, 5.74) is 2.85. The van der Waals surface area contributed by atoms with Crippen LogP contribution >= 0.6 is 34.5 Å². The number of anilines is 1. The number of aromatic nitrogens is 3. The predicted octanol–water partition coefficient (Wildman–Crippen LogP) is 3.18. The Labute approximate surface area is 113 Å². The van der Waals surface area contributed by atoms with Crippen LogP contribution in [0.25, 0.3) is 0 Å². The van der Waals surface area contributed by atoms with Crippen LogP contribution in [0, 0.1) is 6.92 Å². The van der Waals surface area contributed by atoms with Gasteiger partial charge in [-0.3, -0.25) is 0 Å². The lowest BCUT2D eigenvalue weighted by molar-refractivity contribution is 0.894. The van der Waals surface area contributed by atoms with Gasteiger partial charge in [0, 0.05) is 11.9 Å². The Kier molecular flexibility index (Phi) is 3.81. The molecule has 17 heavy (non-hydrogen) atoms. The molecule has 0 radical (unpaired) electrons. The van der Waals surface area contributed by atoms with Crippen LogP contribution in [0.15, 0.2) is 11.7 Å². The summed E-state index contributed by atoms with van der Waals surface area (Å²) in [5, 5.41) is 0.677. The number of halogens is 2. The number of thiazole rings is 1. The monoisotopic (exact) mass is 288 g/mol. The van der Waals surface area contributed by atoms with Crippen LogP contribution in [0.2, 0.25) is 10.3 Å². The summed E-state index contributed by atoms with van der Waals surface area (Å²) in [6, 6.07) is 0. The second kappa shape index (κ2) is 5.16. The highest BCUT2D eigenvalue weighted by atomic mass is 35.5. The van der Waals surface area contributed by atoms with E-state index in [1.165, 1.54) is 11.1 Å². The zero-order valence-electron chi connectivity index (χ0n) is 9.31. The van der Waals surface area contributed by atoms with Gasteiger partial charge in [0.15, 0.2) is 5.82 Å². The summed E-state index contributed by atoms with van der Waals surface area (Å²) in [6.45, 7) is 2.68. The minimum atomic E-state index is 0.192. The van der Waals surface area contributed by atoms with Crippen molar-refractivity contribution in [3.8, 4) is 0 Å². The van der Waals surface area contributed by atoms with Gasteiger partial charge in [-0.15, -0.1) is 11.3 Å². The van der Waals surface area contributed by atoms with Gasteiger partial charge in [-0.05, 0) is 18.5 Å². The Balaban J connectivity index is 2.23. The first-order valence-electron chi connectivity index (χ1n) is 4.86. The van der Waals surface area contributed by atoms with E-state index >= 15 is 0 Å². The van der Waals surface area contributed by atoms with Crippen LogP contribution in [0.1, 0.15) is 10.6 Å². The molecule has 7 heteroatoms. The van der Waals surface area contributed by atoms with Crippen molar-refractivity contribution in [1.82, 2.24) is 15.0 Å². The molecule has 0 fully saturated rings. The van der Waals surface area contributed by atoms with Crippen molar-refractivity contribution in [2.45, 2.75) is 13.5 Å². The van der Waals surface area contributed by atoms with E-state index in [0.717, 1.165) is 5.69 Å². The Morgan fingerprint density at radius 1 is 1.35 bits per heavy atom. The summed E-state index contributed by atoms with van der Waals surface area (Å²) >= 11 is 13.4. The maximum atomic E-state index is 6.03. The standard InChI is InChI=1S/C10H10Cl2N4S/c1-6-8(17-5-14-6)4-16(2)9-7(11)3-13-10(12)15-9/h3,5H,4H2,1-2H3. The van der Waals surface area contributed by atoms with E-state index in [-0.39, 0.29) is 5.28 Å². The lowest BCUT2D eigenvalue weighted by atomic mass is 10.3. The van der Waals surface area contributed by atoms with Crippen molar-refractivity contribution >= 4 is 40.4 Å². The molecule has 4 nitrogen and oxygen atoms in total. The van der Waals surface area contributed by atoms with Crippen molar-refractivity contribution in [2.24, 2.45) is 0 Å². The van der Waals surface area contributed by atoms with Crippen LogP contribution in [0.3, 0.4) is 0 Å². The first-order chi connectivity index (χ1) is 8.08. The quantitative estimate of drug-likeness (QED) is 0.814. The van der Waals surface area contributed by atoms with Crippen molar-refractivity contribution in [1.29, 1.82) is 0 Å². The molecule has 0 spiro atoms. The van der Waals surface area contributed by atoms with E-state index in [9.17, 15) is 0 Å². The molecule has 2 aromatic rings. The molecule has 2 rings (SSSR count). The molecule has 90 valence electrons. The first-order valence-corrected chi connectivity index (χ1v) is 6.49. The van der Waals surface area contributed by atoms with Crippen LogP contribution in [-0.4, -0.2) is 22.0 Å². The molecule has 0 aromatic carbocycles. The number of hydrogen-bond acceptors (Lipinski definition) is 5. The summed E-state index contributed by atoms with van der Waals surface area (Å²) < 4.78 is 0. The average Bonchev–Trinajstić information content (AvgIpc) is 2.68. The van der Waals surface area contributed by atoms with Crippen LogP contribution in [0.4, 0.5) is 5.82 Å². The molecule has 0 saturated heterocycles. The summed E-state index contributed by atoms with van der Waals surface area (Å²) in [5.74, 6) is 0.625. The van der Waals surface area contributed by atoms with Crippen molar-refractivity contribution in [2.75, 3.05) is 11.9 Å². The largest absolute Gasteiger partial charge is 0.353 e. The Morgan fingerprint density at radius 2 is 2.12 bits per heavy atom. The van der Waals surface area contributed by atoms with Gasteiger partial charge in [0.25, 0.3) is 0 Å². The molecule has 0 N–H and O–H groups in total. The molecule has 0 bridgehead atoms. The van der Waals surface area contributed by atoms with Gasteiger partial charge >= 0.3 is 0 Å². The summed E-state index contributed by atoms with van der Waals surface area (Å²) in [6.07, 6.45) is 1.50. The molecular formula is C10H10Cl2N4S. The molecule has 2 aromatic heterocycles. The normalized spacial score (nSPS) is 10.6. The number of rotatable bonds is 3. The molecule has 0 amide bonds. The average molecular weight is 289 g/mol. The number of aryl methyl sites for hydroxylation is 1. The maximum absolute atomic E-state index is 6.03. The topological polar surface area (TPSA) is 41.9 Å². The van der Waals surface area contributed by atoms with Gasteiger partial charge in [0.2, 0.25) is 5.28 Å². The van der Waals surface area contributed by atoms with Gasteiger partial charge in [0.1, 0.15) is 5.02 Å². The molecule has 0 atom stereocenters. The minimum Gasteiger partial charge on any atom is -0.353 e. The lowest BCUT2D eigenvalue weighted by Gasteiger charge is -2.18. The molecule has 0 unspecified atom stereocenters. The zero-order chi connectivity index (χ0) is 12.4. The van der Waals surface area contributed by atoms with Gasteiger partial charge in [-0.25, -0.2) is 9.97 Å².